The van der Waals surface area contributed by atoms with E-state index in [0.717, 1.165) is 25.7 Å². The summed E-state index contributed by atoms with van der Waals surface area (Å²) in [6, 6.07) is 0. The average molecular weight is 377 g/mol. The van der Waals surface area contributed by atoms with Gasteiger partial charge >= 0.3 is 0 Å². The molecular formula is C20H25F2N3O2. The fourth-order valence-electron chi connectivity index (χ4n) is 3.00. The second-order valence-corrected chi connectivity index (χ2v) is 6.82. The summed E-state index contributed by atoms with van der Waals surface area (Å²) in [5.74, 6) is -0.509. The number of hydrogen-bond acceptors (Lipinski definition) is 4. The lowest BCUT2D eigenvalue weighted by atomic mass is 10.0. The summed E-state index contributed by atoms with van der Waals surface area (Å²) in [4.78, 5) is 10.5. The molecule has 0 spiro atoms. The van der Waals surface area contributed by atoms with Crippen molar-refractivity contribution in [2.75, 3.05) is 32.9 Å². The zero-order valence-electron chi connectivity index (χ0n) is 15.5. The molecule has 0 aromatic carbocycles. The second-order valence-electron chi connectivity index (χ2n) is 6.82. The largest absolute Gasteiger partial charge is 0.477 e. The van der Waals surface area contributed by atoms with Gasteiger partial charge in [0.1, 0.15) is 5.83 Å². The van der Waals surface area contributed by atoms with E-state index in [1.165, 1.54) is 12.2 Å². The zero-order chi connectivity index (χ0) is 19.1. The van der Waals surface area contributed by atoms with Crippen molar-refractivity contribution in [1.29, 1.82) is 0 Å². The molecule has 5 nitrogen and oxygen atoms in total. The maximum absolute atomic E-state index is 14.5. The van der Waals surface area contributed by atoms with Crippen molar-refractivity contribution in [2.24, 2.45) is 21.8 Å². The molecular weight excluding hydrogens is 352 g/mol. The molecule has 0 radical (unpaired) electrons. The second kappa shape index (κ2) is 9.60. The topological polar surface area (TPSA) is 46.4 Å². The van der Waals surface area contributed by atoms with Gasteiger partial charge in [-0.25, -0.2) is 18.8 Å². The first-order valence-electron chi connectivity index (χ1n) is 9.28. The Bertz CT molecular complexity index is 704. The van der Waals surface area contributed by atoms with Gasteiger partial charge < -0.3 is 14.4 Å². The van der Waals surface area contributed by atoms with Gasteiger partial charge in [-0.3, -0.25) is 0 Å². The normalized spacial score (nSPS) is 26.7. The molecule has 0 N–H and O–H groups in total. The molecule has 3 rings (SSSR count). The maximum atomic E-state index is 14.5. The Morgan fingerprint density at radius 2 is 2.15 bits per heavy atom. The van der Waals surface area contributed by atoms with Crippen LogP contribution in [0.1, 0.15) is 19.8 Å². The molecule has 2 heterocycles. The first-order chi connectivity index (χ1) is 13.1. The molecule has 146 valence electrons. The first kappa shape index (κ1) is 19.5. The highest BCUT2D eigenvalue weighted by atomic mass is 19.1. The van der Waals surface area contributed by atoms with E-state index < -0.39 is 5.83 Å². The molecule has 7 heteroatoms. The molecule has 0 amide bonds. The molecule has 2 unspecified atom stereocenters. The summed E-state index contributed by atoms with van der Waals surface area (Å²) < 4.78 is 38.8. The lowest BCUT2D eigenvalue weighted by molar-refractivity contribution is 0.0700. The van der Waals surface area contributed by atoms with E-state index in [1.54, 1.807) is 12.4 Å². The molecule has 1 saturated heterocycles. The summed E-state index contributed by atoms with van der Waals surface area (Å²) >= 11 is 0. The molecule has 0 aromatic heterocycles. The Balaban J connectivity index is 1.61. The molecule has 1 fully saturated rings. The Kier molecular flexibility index (Phi) is 6.92. The molecule has 2 atom stereocenters. The van der Waals surface area contributed by atoms with Crippen LogP contribution in [0.2, 0.25) is 0 Å². The molecule has 0 saturated carbocycles. The summed E-state index contributed by atoms with van der Waals surface area (Å²) in [7, 11) is 0. The van der Waals surface area contributed by atoms with Gasteiger partial charge in [0.05, 0.1) is 38.1 Å². The number of allylic oxidation sites excluding steroid dienone is 6. The van der Waals surface area contributed by atoms with E-state index in [1.807, 2.05) is 17.9 Å². The van der Waals surface area contributed by atoms with E-state index in [9.17, 15) is 8.78 Å². The quantitative estimate of drug-likeness (QED) is 0.539. The fraction of sp³-hybridized carbons (Fsp3) is 0.500. The Morgan fingerprint density at radius 1 is 1.33 bits per heavy atom. The smallest absolute Gasteiger partial charge is 0.209 e. The van der Waals surface area contributed by atoms with Crippen LogP contribution >= 0.6 is 0 Å². The molecule has 3 aliphatic rings. The molecule has 0 bridgehead atoms. The van der Waals surface area contributed by atoms with Crippen LogP contribution in [0.25, 0.3) is 0 Å². The molecule has 1 aliphatic carbocycles. The third-order valence-electron chi connectivity index (χ3n) is 4.62. The van der Waals surface area contributed by atoms with Crippen molar-refractivity contribution in [3.63, 3.8) is 0 Å². The minimum absolute atomic E-state index is 0.0389. The van der Waals surface area contributed by atoms with Crippen LogP contribution in [-0.2, 0) is 9.47 Å². The van der Waals surface area contributed by atoms with E-state index in [0.29, 0.717) is 37.8 Å². The fourth-order valence-corrected chi connectivity index (χ4v) is 3.00. The van der Waals surface area contributed by atoms with Crippen LogP contribution in [0, 0.1) is 11.8 Å². The number of morpholine rings is 1. The third-order valence-corrected chi connectivity index (χ3v) is 4.62. The molecule has 2 aliphatic heterocycles. The minimum atomic E-state index is -0.465. The molecule has 27 heavy (non-hydrogen) atoms. The number of halogens is 2. The van der Waals surface area contributed by atoms with Crippen molar-refractivity contribution in [3.8, 4) is 0 Å². The number of aliphatic imine (C=N–C) groups is 2. The van der Waals surface area contributed by atoms with Crippen LogP contribution < -0.4 is 0 Å². The van der Waals surface area contributed by atoms with Crippen LogP contribution in [0.15, 0.2) is 57.5 Å². The lowest BCUT2D eigenvalue weighted by Crippen LogP contribution is -2.35. The monoisotopic (exact) mass is 377 g/mol. The van der Waals surface area contributed by atoms with Crippen molar-refractivity contribution >= 4 is 12.6 Å². The predicted molar refractivity (Wildman–Crippen MR) is 102 cm³/mol. The van der Waals surface area contributed by atoms with E-state index >= 15 is 0 Å². The lowest BCUT2D eigenvalue weighted by Gasteiger charge is -2.24. The zero-order valence-corrected chi connectivity index (χ0v) is 15.5. The summed E-state index contributed by atoms with van der Waals surface area (Å²) in [6.45, 7) is 5.05. The van der Waals surface area contributed by atoms with Crippen molar-refractivity contribution in [1.82, 2.24) is 4.90 Å². The van der Waals surface area contributed by atoms with E-state index in [2.05, 4.69) is 9.98 Å². The van der Waals surface area contributed by atoms with Crippen molar-refractivity contribution in [3.05, 3.63) is 47.5 Å². The van der Waals surface area contributed by atoms with Gasteiger partial charge in [0.2, 0.25) is 5.88 Å². The Hall–Kier alpha value is -2.28. The van der Waals surface area contributed by atoms with E-state index in [4.69, 9.17) is 9.47 Å². The van der Waals surface area contributed by atoms with Gasteiger partial charge in [0.25, 0.3) is 0 Å². The predicted octanol–water partition coefficient (Wildman–Crippen LogP) is 3.93. The van der Waals surface area contributed by atoms with Crippen LogP contribution in [0.3, 0.4) is 0 Å². The SMILES string of the molecule is CC1CC=C(OCC2C=C(F)C=CC2)N=CC(F)=C1N=CN1CCOCC1. The van der Waals surface area contributed by atoms with Crippen LogP contribution in [-0.4, -0.2) is 50.4 Å². The highest BCUT2D eigenvalue weighted by Gasteiger charge is 2.17. The standard InChI is InChI=1S/C20H25F2N3O2/c1-15-5-6-19(27-13-16-3-2-4-17(21)11-16)23-12-18(22)20(15)24-14-25-7-9-26-10-8-25/h2,4,6,11-12,14-16H,3,5,7-10,13H2,1H3. The number of nitrogens with zero attached hydrogens (tertiary/aromatic N) is 3. The summed E-state index contributed by atoms with van der Waals surface area (Å²) in [6.07, 6.45) is 10.7. The van der Waals surface area contributed by atoms with Crippen LogP contribution in [0.4, 0.5) is 8.78 Å². The number of hydrogen-bond donors (Lipinski definition) is 0. The highest BCUT2D eigenvalue weighted by molar-refractivity contribution is 5.78. The highest BCUT2D eigenvalue weighted by Crippen LogP contribution is 2.25. The van der Waals surface area contributed by atoms with Gasteiger partial charge in [-0.05, 0) is 31.1 Å². The Morgan fingerprint density at radius 3 is 2.93 bits per heavy atom. The minimum Gasteiger partial charge on any atom is -0.477 e. The van der Waals surface area contributed by atoms with Crippen molar-refractivity contribution < 1.29 is 18.3 Å². The number of ether oxygens (including phenoxy) is 2. The maximum Gasteiger partial charge on any atom is 0.209 e. The van der Waals surface area contributed by atoms with E-state index in [-0.39, 0.29) is 17.7 Å². The summed E-state index contributed by atoms with van der Waals surface area (Å²) in [5, 5.41) is 0. The van der Waals surface area contributed by atoms with Gasteiger partial charge in [-0.15, -0.1) is 0 Å². The average Bonchev–Trinajstić information content (AvgIpc) is 2.67. The van der Waals surface area contributed by atoms with Gasteiger partial charge in [0.15, 0.2) is 5.83 Å². The molecule has 0 aromatic rings. The first-order valence-corrected chi connectivity index (χ1v) is 9.28. The summed E-state index contributed by atoms with van der Waals surface area (Å²) in [5.41, 5.74) is 0.378. The van der Waals surface area contributed by atoms with Gasteiger partial charge in [-0.2, -0.15) is 0 Å². The number of rotatable bonds is 5. The van der Waals surface area contributed by atoms with Crippen LogP contribution in [0.5, 0.6) is 0 Å². The Labute approximate surface area is 158 Å². The van der Waals surface area contributed by atoms with Crippen molar-refractivity contribution in [2.45, 2.75) is 19.8 Å². The third kappa shape index (κ3) is 5.85. The van der Waals surface area contributed by atoms with Gasteiger partial charge in [-0.1, -0.05) is 13.0 Å². The van der Waals surface area contributed by atoms with Gasteiger partial charge in [0, 0.05) is 24.9 Å².